The number of nitrogens with zero attached hydrogens (tertiary/aromatic N) is 3. The number of nitrogens with two attached hydrogens (primary N) is 1. The van der Waals surface area contributed by atoms with Gasteiger partial charge in [-0.15, -0.1) is 0 Å². The third kappa shape index (κ3) is 3.96. The molecule has 0 aromatic carbocycles. The highest BCUT2D eigenvalue weighted by Crippen LogP contribution is 2.37. The topological polar surface area (TPSA) is 84.5 Å². The molecule has 1 aliphatic carbocycles. The van der Waals surface area contributed by atoms with Crippen molar-refractivity contribution in [2.75, 3.05) is 6.54 Å². The van der Waals surface area contributed by atoms with Crippen molar-refractivity contribution in [3.63, 3.8) is 0 Å². The summed E-state index contributed by atoms with van der Waals surface area (Å²) in [6.07, 6.45) is 17.5. The van der Waals surface area contributed by atoms with E-state index in [-0.39, 0.29) is 6.04 Å². The summed E-state index contributed by atoms with van der Waals surface area (Å²) in [4.78, 5) is 12.3. The molecule has 1 saturated carbocycles. The van der Waals surface area contributed by atoms with Gasteiger partial charge in [0.1, 0.15) is 5.82 Å². The number of rotatable bonds is 5. The molecule has 6 nitrogen and oxygen atoms in total. The molecule has 2 aliphatic rings. The molecule has 4 rings (SSSR count). The molecule has 2 aromatic rings. The minimum Gasteiger partial charge on any atom is -0.344 e. The minimum absolute atomic E-state index is 0.00615. The van der Waals surface area contributed by atoms with E-state index < -0.39 is 0 Å². The Kier molecular flexibility index (Phi) is 5.17. The summed E-state index contributed by atoms with van der Waals surface area (Å²) < 4.78 is 2.25. The van der Waals surface area contributed by atoms with Crippen molar-refractivity contribution >= 4 is 0 Å². The zero-order valence-corrected chi connectivity index (χ0v) is 14.9. The number of hydrogen-bond donors (Lipinski definition) is 3. The number of piperidine rings is 1. The van der Waals surface area contributed by atoms with Crippen LogP contribution in [-0.2, 0) is 0 Å². The maximum atomic E-state index is 6.41. The van der Waals surface area contributed by atoms with Crippen LogP contribution < -0.4 is 11.1 Å². The Hall–Kier alpha value is -1.66. The van der Waals surface area contributed by atoms with E-state index in [1.54, 1.807) is 0 Å². The van der Waals surface area contributed by atoms with Gasteiger partial charge in [-0.2, -0.15) is 0 Å². The summed E-state index contributed by atoms with van der Waals surface area (Å²) in [5.74, 6) is 1.54. The fourth-order valence-corrected chi connectivity index (χ4v) is 4.46. The molecule has 1 aliphatic heterocycles. The maximum absolute atomic E-state index is 6.41. The largest absolute Gasteiger partial charge is 0.344 e. The Balaban J connectivity index is 1.32. The number of imidazole rings is 2. The lowest BCUT2D eigenvalue weighted by atomic mass is 9.84. The number of nitrogens with one attached hydrogen (secondary N) is 2. The van der Waals surface area contributed by atoms with Crippen molar-refractivity contribution in [2.45, 2.75) is 75.4 Å². The van der Waals surface area contributed by atoms with Crippen LogP contribution in [0.2, 0.25) is 0 Å². The van der Waals surface area contributed by atoms with Gasteiger partial charge in [-0.05, 0) is 51.5 Å². The summed E-state index contributed by atoms with van der Waals surface area (Å²) in [5.41, 5.74) is 7.68. The molecule has 25 heavy (non-hydrogen) atoms. The molecule has 4 N–H and O–H groups in total. The van der Waals surface area contributed by atoms with Crippen molar-refractivity contribution in [3.8, 4) is 0 Å². The SMILES string of the molecule is N[C@@H](CC1CCCCN1)c1ncc(C2CCC(n3ccnc3)CC2)[nH]1. The first-order valence-corrected chi connectivity index (χ1v) is 9.81. The summed E-state index contributed by atoms with van der Waals surface area (Å²) in [5, 5.41) is 3.58. The first-order valence-electron chi connectivity index (χ1n) is 9.81. The van der Waals surface area contributed by atoms with Crippen LogP contribution >= 0.6 is 0 Å². The van der Waals surface area contributed by atoms with Gasteiger partial charge in [0.05, 0.1) is 12.4 Å². The van der Waals surface area contributed by atoms with Crippen molar-refractivity contribution in [3.05, 3.63) is 36.4 Å². The predicted octanol–water partition coefficient (Wildman–Crippen LogP) is 3.04. The number of hydrogen-bond acceptors (Lipinski definition) is 4. The van der Waals surface area contributed by atoms with E-state index in [9.17, 15) is 0 Å². The Bertz CT molecular complexity index is 635. The van der Waals surface area contributed by atoms with Crippen LogP contribution in [0.15, 0.2) is 24.9 Å². The number of aromatic amines is 1. The van der Waals surface area contributed by atoms with Gasteiger partial charge in [-0.1, -0.05) is 6.42 Å². The van der Waals surface area contributed by atoms with Crippen LogP contribution in [-0.4, -0.2) is 32.1 Å². The van der Waals surface area contributed by atoms with Gasteiger partial charge in [-0.3, -0.25) is 0 Å². The van der Waals surface area contributed by atoms with Crippen molar-refractivity contribution in [1.82, 2.24) is 24.8 Å². The lowest BCUT2D eigenvalue weighted by Gasteiger charge is -2.28. The second-order valence-corrected chi connectivity index (χ2v) is 7.73. The first kappa shape index (κ1) is 16.8. The van der Waals surface area contributed by atoms with Gasteiger partial charge in [0.15, 0.2) is 0 Å². The maximum Gasteiger partial charge on any atom is 0.123 e. The molecular formula is C19H30N6. The van der Waals surface area contributed by atoms with Gasteiger partial charge in [-0.25, -0.2) is 9.97 Å². The highest BCUT2D eigenvalue weighted by atomic mass is 15.1. The van der Waals surface area contributed by atoms with Crippen molar-refractivity contribution < 1.29 is 0 Å². The molecule has 0 bridgehead atoms. The molecule has 136 valence electrons. The second-order valence-electron chi connectivity index (χ2n) is 7.73. The normalized spacial score (nSPS) is 28.8. The average molecular weight is 342 g/mol. The van der Waals surface area contributed by atoms with Crippen LogP contribution in [0.25, 0.3) is 0 Å². The molecule has 1 unspecified atom stereocenters. The van der Waals surface area contributed by atoms with Gasteiger partial charge >= 0.3 is 0 Å². The van der Waals surface area contributed by atoms with Gasteiger partial charge in [0.25, 0.3) is 0 Å². The number of H-pyrrole nitrogens is 1. The lowest BCUT2D eigenvalue weighted by Crippen LogP contribution is -2.36. The molecule has 0 spiro atoms. The predicted molar refractivity (Wildman–Crippen MR) is 98.2 cm³/mol. The molecule has 3 heterocycles. The van der Waals surface area contributed by atoms with E-state index in [2.05, 4.69) is 31.0 Å². The monoisotopic (exact) mass is 342 g/mol. The van der Waals surface area contributed by atoms with Crippen molar-refractivity contribution in [1.29, 1.82) is 0 Å². The van der Waals surface area contributed by atoms with Crippen LogP contribution in [0, 0.1) is 0 Å². The van der Waals surface area contributed by atoms with E-state index in [4.69, 9.17) is 5.73 Å². The van der Waals surface area contributed by atoms with Crippen LogP contribution in [0.4, 0.5) is 0 Å². The van der Waals surface area contributed by atoms with Crippen molar-refractivity contribution in [2.24, 2.45) is 5.73 Å². The third-order valence-electron chi connectivity index (χ3n) is 6.00. The zero-order valence-electron chi connectivity index (χ0n) is 14.9. The molecular weight excluding hydrogens is 312 g/mol. The van der Waals surface area contributed by atoms with Gasteiger partial charge in [0.2, 0.25) is 0 Å². The minimum atomic E-state index is 0.00615. The average Bonchev–Trinajstić information content (AvgIpc) is 3.35. The smallest absolute Gasteiger partial charge is 0.123 e. The van der Waals surface area contributed by atoms with E-state index in [1.807, 2.05) is 18.7 Å². The quantitative estimate of drug-likeness (QED) is 0.780. The molecule has 0 radical (unpaired) electrons. The molecule has 2 fully saturated rings. The summed E-state index contributed by atoms with van der Waals surface area (Å²) in [6.45, 7) is 1.13. The fraction of sp³-hybridized carbons (Fsp3) is 0.684. The zero-order chi connectivity index (χ0) is 17.1. The Morgan fingerprint density at radius 1 is 1.20 bits per heavy atom. The standard InChI is InChI=1S/C19H30N6/c20-17(11-15-3-1-2-8-22-15)19-23-12-18(24-19)14-4-6-16(7-5-14)25-10-9-21-13-25/h9-10,12-17,22H,1-8,11,20H2,(H,23,24)/t14?,15?,16?,17-/m0/s1. The first-order chi connectivity index (χ1) is 12.3. The van der Waals surface area contributed by atoms with Crippen LogP contribution in [0.5, 0.6) is 0 Å². The summed E-state index contributed by atoms with van der Waals surface area (Å²) >= 11 is 0. The lowest BCUT2D eigenvalue weighted by molar-refractivity contribution is 0.320. The molecule has 2 aromatic heterocycles. The van der Waals surface area contributed by atoms with E-state index in [0.717, 1.165) is 18.8 Å². The fourth-order valence-electron chi connectivity index (χ4n) is 4.46. The van der Waals surface area contributed by atoms with Gasteiger partial charge in [0, 0.05) is 42.3 Å². The number of aromatic nitrogens is 4. The molecule has 1 saturated heterocycles. The summed E-state index contributed by atoms with van der Waals surface area (Å²) in [6, 6.07) is 1.15. The molecule has 6 heteroatoms. The molecule has 0 amide bonds. The van der Waals surface area contributed by atoms with Crippen LogP contribution in [0.3, 0.4) is 0 Å². The van der Waals surface area contributed by atoms with Crippen LogP contribution in [0.1, 0.15) is 80.9 Å². The highest BCUT2D eigenvalue weighted by Gasteiger charge is 2.25. The third-order valence-corrected chi connectivity index (χ3v) is 6.00. The molecule has 2 atom stereocenters. The highest BCUT2D eigenvalue weighted by molar-refractivity contribution is 5.11. The van der Waals surface area contributed by atoms with Gasteiger partial charge < -0.3 is 20.6 Å². The summed E-state index contributed by atoms with van der Waals surface area (Å²) in [7, 11) is 0. The second kappa shape index (κ2) is 7.70. The van der Waals surface area contributed by atoms with E-state index in [0.29, 0.717) is 18.0 Å². The Morgan fingerprint density at radius 3 is 2.80 bits per heavy atom. The Labute approximate surface area is 149 Å². The van der Waals surface area contributed by atoms with E-state index in [1.165, 1.54) is 50.6 Å². The Morgan fingerprint density at radius 2 is 2.08 bits per heavy atom. The van der Waals surface area contributed by atoms with E-state index >= 15 is 0 Å².